The Morgan fingerprint density at radius 3 is 2.63 bits per heavy atom. The van der Waals surface area contributed by atoms with E-state index in [1.165, 1.54) is 6.07 Å². The Labute approximate surface area is 202 Å². The van der Waals surface area contributed by atoms with Gasteiger partial charge in [0.1, 0.15) is 11.6 Å². The van der Waals surface area contributed by atoms with Crippen molar-refractivity contribution in [1.82, 2.24) is 9.88 Å². The van der Waals surface area contributed by atoms with Crippen molar-refractivity contribution in [1.29, 1.82) is 0 Å². The van der Waals surface area contributed by atoms with Crippen LogP contribution >= 0.6 is 0 Å². The smallest absolute Gasteiger partial charge is 0.411 e. The molecule has 6 nitrogen and oxygen atoms in total. The fraction of sp³-hybridized carbons (Fsp3) is 0.333. The van der Waals surface area contributed by atoms with E-state index >= 15 is 0 Å². The summed E-state index contributed by atoms with van der Waals surface area (Å²) in [4.78, 5) is 29.6. The quantitative estimate of drug-likeness (QED) is 0.447. The maximum absolute atomic E-state index is 14.7. The molecule has 2 heterocycles. The number of nitrogens with one attached hydrogen (secondary N) is 2. The van der Waals surface area contributed by atoms with Gasteiger partial charge in [-0.3, -0.25) is 10.1 Å². The first-order valence-corrected chi connectivity index (χ1v) is 11.7. The molecule has 0 saturated carbocycles. The number of carbonyl (C=O) groups is 2. The molecule has 2 aromatic carbocycles. The van der Waals surface area contributed by atoms with E-state index < -0.39 is 29.7 Å². The highest BCUT2D eigenvalue weighted by atomic mass is 19.1. The number of hydrogen-bond donors (Lipinski definition) is 2. The lowest BCUT2D eigenvalue weighted by atomic mass is 9.86. The van der Waals surface area contributed by atoms with Crippen LogP contribution in [0.5, 0.6) is 0 Å². The van der Waals surface area contributed by atoms with Crippen molar-refractivity contribution in [2.75, 3.05) is 11.9 Å². The minimum absolute atomic E-state index is 0.200. The number of anilines is 1. The molecule has 0 fully saturated rings. The number of nitrogens with zero attached hydrogens (tertiary/aromatic N) is 1. The number of aromatic nitrogens is 1. The van der Waals surface area contributed by atoms with Crippen LogP contribution in [-0.2, 0) is 16.0 Å². The molecule has 8 heteroatoms. The summed E-state index contributed by atoms with van der Waals surface area (Å²) in [5, 5.41) is 3.11. The Bertz CT molecular complexity index is 1290. The number of unbranched alkanes of at least 4 members (excludes halogenated alkanes) is 1. The van der Waals surface area contributed by atoms with E-state index in [4.69, 9.17) is 11.2 Å². The van der Waals surface area contributed by atoms with Crippen LogP contribution in [0.3, 0.4) is 0 Å². The van der Waals surface area contributed by atoms with Gasteiger partial charge in [0.15, 0.2) is 0 Å². The minimum atomic E-state index is -0.693. The summed E-state index contributed by atoms with van der Waals surface area (Å²) in [6, 6.07) is 8.25. The molecular weight excluding hydrogens is 452 g/mol. The van der Waals surface area contributed by atoms with Crippen molar-refractivity contribution in [2.24, 2.45) is 0 Å². The molecule has 0 aliphatic carbocycles. The van der Waals surface area contributed by atoms with Crippen LogP contribution in [0.25, 0.3) is 10.9 Å². The van der Waals surface area contributed by atoms with Crippen LogP contribution in [0.2, 0.25) is 0 Å². The summed E-state index contributed by atoms with van der Waals surface area (Å²) < 4.78 is 33.7. The molecule has 0 unspecified atom stereocenters. The van der Waals surface area contributed by atoms with Gasteiger partial charge in [-0.05, 0) is 55.0 Å². The van der Waals surface area contributed by atoms with Gasteiger partial charge in [-0.1, -0.05) is 31.9 Å². The van der Waals surface area contributed by atoms with E-state index in [2.05, 4.69) is 23.1 Å². The molecule has 2 atom stereocenters. The maximum atomic E-state index is 14.7. The second kappa shape index (κ2) is 10.2. The van der Waals surface area contributed by atoms with Crippen molar-refractivity contribution in [3.8, 4) is 12.3 Å². The number of aromatic amines is 1. The number of halogens is 2. The summed E-state index contributed by atoms with van der Waals surface area (Å²) in [6.45, 7) is 4.02. The third-order valence-electron chi connectivity index (χ3n) is 6.35. The first-order valence-electron chi connectivity index (χ1n) is 11.7. The number of ether oxygens (including phenoxy) is 1. The Morgan fingerprint density at radius 2 is 1.97 bits per heavy atom. The van der Waals surface area contributed by atoms with Gasteiger partial charge >= 0.3 is 6.09 Å². The van der Waals surface area contributed by atoms with E-state index in [1.807, 2.05) is 0 Å². The zero-order chi connectivity index (χ0) is 25.1. The molecule has 3 aromatic rings. The largest absolute Gasteiger partial charge is 0.450 e. The van der Waals surface area contributed by atoms with Gasteiger partial charge < -0.3 is 14.6 Å². The molecule has 0 radical (unpaired) electrons. The van der Waals surface area contributed by atoms with Crippen LogP contribution < -0.4 is 5.32 Å². The predicted octanol–water partition coefficient (Wildman–Crippen LogP) is 5.68. The molecule has 182 valence electrons. The molecule has 1 aliphatic heterocycles. The van der Waals surface area contributed by atoms with Gasteiger partial charge in [-0.15, -0.1) is 6.42 Å². The Balaban J connectivity index is 1.85. The topological polar surface area (TPSA) is 74.4 Å². The Morgan fingerprint density at radius 1 is 1.23 bits per heavy atom. The number of amides is 2. The lowest BCUT2D eigenvalue weighted by Crippen LogP contribution is -2.47. The van der Waals surface area contributed by atoms with Crippen LogP contribution in [0.4, 0.5) is 19.3 Å². The lowest BCUT2D eigenvalue weighted by Gasteiger charge is -2.41. The van der Waals surface area contributed by atoms with Crippen molar-refractivity contribution in [3.05, 3.63) is 64.9 Å². The number of fused-ring (bicyclic) bond motifs is 3. The molecule has 1 aromatic heterocycles. The fourth-order valence-corrected chi connectivity index (χ4v) is 4.83. The van der Waals surface area contributed by atoms with Crippen molar-refractivity contribution < 1.29 is 23.1 Å². The van der Waals surface area contributed by atoms with Crippen LogP contribution in [0.1, 0.15) is 56.0 Å². The second-order valence-electron chi connectivity index (χ2n) is 8.55. The van der Waals surface area contributed by atoms with Gasteiger partial charge in [-0.25, -0.2) is 13.6 Å². The maximum Gasteiger partial charge on any atom is 0.411 e. The van der Waals surface area contributed by atoms with Crippen LogP contribution in [0, 0.1) is 24.0 Å². The van der Waals surface area contributed by atoms with E-state index in [-0.39, 0.29) is 18.2 Å². The first-order chi connectivity index (χ1) is 16.9. The standard InChI is InChI=1S/C27H27F2N3O3/c1-4-7-8-19-15-21-20-13-17(28)14-22(29)24(20)31-25(21)26(32(19)23(33)5-2)16-9-11-18(12-10-16)30-27(34)35-6-3/h2,9-14,19,26,31H,4,6-8,15H2,1,3H3,(H,30,34)/t19-,26-/m0/s1. The number of terminal acetylenes is 1. The van der Waals surface area contributed by atoms with Crippen LogP contribution in [0.15, 0.2) is 36.4 Å². The van der Waals surface area contributed by atoms with E-state index in [0.717, 1.165) is 30.0 Å². The highest BCUT2D eigenvalue weighted by Crippen LogP contribution is 2.42. The van der Waals surface area contributed by atoms with Crippen molar-refractivity contribution in [3.63, 3.8) is 0 Å². The number of H-pyrrole nitrogens is 1. The van der Waals surface area contributed by atoms with E-state index in [9.17, 15) is 18.4 Å². The Kier molecular flexibility index (Phi) is 7.06. The predicted molar refractivity (Wildman–Crippen MR) is 130 cm³/mol. The third kappa shape index (κ3) is 4.72. The zero-order valence-electron chi connectivity index (χ0n) is 19.7. The fourth-order valence-electron chi connectivity index (χ4n) is 4.83. The SMILES string of the molecule is C#CC(=O)N1[C@@H](CCCC)Cc2c([nH]c3c(F)cc(F)cc23)[C@@H]1c1ccc(NC(=O)OCC)cc1. The molecule has 0 bridgehead atoms. The summed E-state index contributed by atoms with van der Waals surface area (Å²) in [5.74, 6) is 0.421. The molecule has 0 saturated heterocycles. The highest BCUT2D eigenvalue weighted by molar-refractivity contribution is 5.95. The Hall–Kier alpha value is -3.86. The minimum Gasteiger partial charge on any atom is -0.450 e. The van der Waals surface area contributed by atoms with Crippen molar-refractivity contribution in [2.45, 2.75) is 51.6 Å². The summed E-state index contributed by atoms with van der Waals surface area (Å²) in [5.41, 5.74) is 2.82. The average molecular weight is 480 g/mol. The lowest BCUT2D eigenvalue weighted by molar-refractivity contribution is -0.130. The molecule has 0 spiro atoms. The van der Waals surface area contributed by atoms with Gasteiger partial charge in [-0.2, -0.15) is 0 Å². The van der Waals surface area contributed by atoms with Gasteiger partial charge in [0.05, 0.1) is 18.2 Å². The summed E-state index contributed by atoms with van der Waals surface area (Å²) >= 11 is 0. The molecule has 2 amide bonds. The van der Waals surface area contributed by atoms with Gasteiger partial charge in [0.25, 0.3) is 5.91 Å². The monoisotopic (exact) mass is 479 g/mol. The highest BCUT2D eigenvalue weighted by Gasteiger charge is 2.40. The zero-order valence-corrected chi connectivity index (χ0v) is 19.7. The van der Waals surface area contributed by atoms with Crippen molar-refractivity contribution >= 4 is 28.6 Å². The van der Waals surface area contributed by atoms with E-state index in [1.54, 1.807) is 36.1 Å². The van der Waals surface area contributed by atoms with E-state index in [0.29, 0.717) is 29.6 Å². The average Bonchev–Trinajstić information content (AvgIpc) is 3.20. The summed E-state index contributed by atoms with van der Waals surface area (Å²) in [7, 11) is 0. The van der Waals surface area contributed by atoms with Crippen LogP contribution in [-0.4, -0.2) is 34.5 Å². The third-order valence-corrected chi connectivity index (χ3v) is 6.35. The van der Waals surface area contributed by atoms with Gasteiger partial charge in [0, 0.05) is 28.9 Å². The number of carbonyl (C=O) groups excluding carboxylic acids is 2. The molecule has 35 heavy (non-hydrogen) atoms. The molecule has 1 aliphatic rings. The number of benzene rings is 2. The number of hydrogen-bond acceptors (Lipinski definition) is 3. The first kappa shape index (κ1) is 24.3. The number of rotatable bonds is 6. The molecular formula is C27H27F2N3O3. The van der Waals surface area contributed by atoms with Gasteiger partial charge in [0.2, 0.25) is 0 Å². The normalized spacial score (nSPS) is 17.1. The summed E-state index contributed by atoms with van der Waals surface area (Å²) in [6.07, 6.45) is 7.92. The molecule has 2 N–H and O–H groups in total. The molecule has 4 rings (SSSR count). The second-order valence-corrected chi connectivity index (χ2v) is 8.55.